The average Bonchev–Trinajstić information content (AvgIpc) is 2.39. The maximum absolute atomic E-state index is 11.9. The van der Waals surface area contributed by atoms with Crippen LogP contribution in [0.2, 0.25) is 0 Å². The van der Waals surface area contributed by atoms with Gasteiger partial charge in [0, 0.05) is 26.7 Å². The topological polar surface area (TPSA) is 69.6 Å². The molecule has 6 heteroatoms. The third-order valence-electron chi connectivity index (χ3n) is 2.94. The third kappa shape index (κ3) is 4.28. The molecule has 108 valence electrons. The van der Waals surface area contributed by atoms with Gasteiger partial charge in [-0.15, -0.1) is 0 Å². The van der Waals surface area contributed by atoms with Crippen LogP contribution >= 0.6 is 0 Å². The van der Waals surface area contributed by atoms with Crippen molar-refractivity contribution in [2.75, 3.05) is 27.2 Å². The minimum absolute atomic E-state index is 0.127. The molecular formula is C13H22N2O3S. The van der Waals surface area contributed by atoms with Crippen LogP contribution in [0.25, 0.3) is 0 Å². The van der Waals surface area contributed by atoms with Gasteiger partial charge in [-0.05, 0) is 37.6 Å². The molecule has 2 N–H and O–H groups in total. The Morgan fingerprint density at radius 2 is 1.84 bits per heavy atom. The van der Waals surface area contributed by atoms with Gasteiger partial charge in [0.05, 0.1) is 4.90 Å². The van der Waals surface area contributed by atoms with Gasteiger partial charge < -0.3 is 10.4 Å². The van der Waals surface area contributed by atoms with Crippen LogP contribution in [-0.4, -0.2) is 45.1 Å². The maximum atomic E-state index is 11.9. The zero-order valence-electron chi connectivity index (χ0n) is 11.6. The van der Waals surface area contributed by atoms with E-state index in [1.165, 1.54) is 18.4 Å². The summed E-state index contributed by atoms with van der Waals surface area (Å²) in [7, 11) is -0.328. The van der Waals surface area contributed by atoms with E-state index in [4.69, 9.17) is 5.11 Å². The number of benzene rings is 1. The summed E-state index contributed by atoms with van der Waals surface area (Å²) in [4.78, 5) is 0.295. The summed E-state index contributed by atoms with van der Waals surface area (Å²) in [6.07, 6.45) is 0.706. The van der Waals surface area contributed by atoms with Gasteiger partial charge in [-0.2, -0.15) is 0 Å². The van der Waals surface area contributed by atoms with Crippen molar-refractivity contribution in [2.24, 2.45) is 0 Å². The van der Waals surface area contributed by atoms with E-state index >= 15 is 0 Å². The van der Waals surface area contributed by atoms with Gasteiger partial charge in [0.2, 0.25) is 10.0 Å². The SMILES string of the molecule is CC(NCCCO)c1ccc(S(=O)(=O)N(C)C)cc1. The highest BCUT2D eigenvalue weighted by Crippen LogP contribution is 2.17. The second-order valence-corrected chi connectivity index (χ2v) is 6.76. The summed E-state index contributed by atoms with van der Waals surface area (Å²) in [5, 5.41) is 12.0. The number of nitrogens with zero attached hydrogens (tertiary/aromatic N) is 1. The first-order chi connectivity index (χ1) is 8.89. The largest absolute Gasteiger partial charge is 0.396 e. The number of rotatable bonds is 7. The lowest BCUT2D eigenvalue weighted by molar-refractivity contribution is 0.284. The molecule has 0 bridgehead atoms. The Labute approximate surface area is 115 Å². The van der Waals surface area contributed by atoms with Crippen molar-refractivity contribution in [1.82, 2.24) is 9.62 Å². The highest BCUT2D eigenvalue weighted by Gasteiger charge is 2.17. The van der Waals surface area contributed by atoms with Crippen molar-refractivity contribution < 1.29 is 13.5 Å². The van der Waals surface area contributed by atoms with Gasteiger partial charge in [-0.25, -0.2) is 12.7 Å². The number of sulfonamides is 1. The standard InChI is InChI=1S/C13H22N2O3S/c1-11(14-9-4-10-16)12-5-7-13(8-6-12)19(17,18)15(2)3/h5-8,11,14,16H,4,9-10H2,1-3H3. The van der Waals surface area contributed by atoms with Crippen LogP contribution in [0, 0.1) is 0 Å². The molecule has 0 fully saturated rings. The molecule has 1 unspecified atom stereocenters. The van der Waals surface area contributed by atoms with Gasteiger partial charge in [0.25, 0.3) is 0 Å². The molecule has 0 spiro atoms. The van der Waals surface area contributed by atoms with Crippen LogP contribution in [0.4, 0.5) is 0 Å². The summed E-state index contributed by atoms with van der Waals surface area (Å²) in [5.74, 6) is 0. The fourth-order valence-electron chi connectivity index (χ4n) is 1.65. The molecule has 1 aromatic rings. The van der Waals surface area contributed by atoms with Crippen LogP contribution in [-0.2, 0) is 10.0 Å². The molecule has 0 saturated heterocycles. The van der Waals surface area contributed by atoms with E-state index in [9.17, 15) is 8.42 Å². The molecule has 0 aliphatic rings. The number of hydrogen-bond donors (Lipinski definition) is 2. The van der Waals surface area contributed by atoms with Crippen LogP contribution < -0.4 is 5.32 Å². The molecule has 0 saturated carbocycles. The Hall–Kier alpha value is -0.950. The van der Waals surface area contributed by atoms with Gasteiger partial charge in [0.1, 0.15) is 0 Å². The predicted molar refractivity (Wildman–Crippen MR) is 75.4 cm³/mol. The monoisotopic (exact) mass is 286 g/mol. The Kier molecular flexibility index (Phi) is 5.93. The number of hydrogen-bond acceptors (Lipinski definition) is 4. The summed E-state index contributed by atoms with van der Waals surface area (Å²) >= 11 is 0. The van der Waals surface area contributed by atoms with Gasteiger partial charge in [-0.1, -0.05) is 12.1 Å². The summed E-state index contributed by atoms with van der Waals surface area (Å²) < 4.78 is 25.0. The van der Waals surface area contributed by atoms with E-state index in [1.54, 1.807) is 12.1 Å². The molecule has 0 heterocycles. The van der Waals surface area contributed by atoms with Gasteiger partial charge >= 0.3 is 0 Å². The van der Waals surface area contributed by atoms with E-state index in [-0.39, 0.29) is 12.6 Å². The first kappa shape index (κ1) is 16.1. The Morgan fingerprint density at radius 3 is 2.32 bits per heavy atom. The molecule has 0 aliphatic heterocycles. The number of nitrogens with one attached hydrogen (secondary N) is 1. The fourth-order valence-corrected chi connectivity index (χ4v) is 2.56. The lowest BCUT2D eigenvalue weighted by atomic mass is 10.1. The molecule has 19 heavy (non-hydrogen) atoms. The lowest BCUT2D eigenvalue weighted by Gasteiger charge is -2.15. The Bertz CT molecular complexity index is 483. The van der Waals surface area contributed by atoms with E-state index in [0.717, 1.165) is 12.1 Å². The molecule has 5 nitrogen and oxygen atoms in total. The van der Waals surface area contributed by atoms with Crippen LogP contribution in [0.5, 0.6) is 0 Å². The van der Waals surface area contributed by atoms with Gasteiger partial charge in [-0.3, -0.25) is 0 Å². The maximum Gasteiger partial charge on any atom is 0.242 e. The number of aliphatic hydroxyl groups is 1. The second-order valence-electron chi connectivity index (χ2n) is 4.61. The molecule has 0 amide bonds. The van der Waals surface area contributed by atoms with E-state index < -0.39 is 10.0 Å². The first-order valence-corrected chi connectivity index (χ1v) is 7.70. The second kappa shape index (κ2) is 7.00. The molecular weight excluding hydrogens is 264 g/mol. The molecule has 0 aromatic heterocycles. The molecule has 1 atom stereocenters. The van der Waals surface area contributed by atoms with Crippen molar-refractivity contribution in [3.63, 3.8) is 0 Å². The normalized spacial score (nSPS) is 13.7. The quantitative estimate of drug-likeness (QED) is 0.733. The fraction of sp³-hybridized carbons (Fsp3) is 0.538. The van der Waals surface area contributed by atoms with Crippen molar-refractivity contribution in [1.29, 1.82) is 0 Å². The molecule has 0 aliphatic carbocycles. The van der Waals surface area contributed by atoms with Crippen molar-refractivity contribution in [2.45, 2.75) is 24.3 Å². The molecule has 1 rings (SSSR count). The van der Waals surface area contributed by atoms with Crippen LogP contribution in [0.1, 0.15) is 24.9 Å². The molecule has 1 aromatic carbocycles. The Balaban J connectivity index is 2.77. The molecule has 0 radical (unpaired) electrons. The summed E-state index contributed by atoms with van der Waals surface area (Å²) in [6, 6.07) is 6.99. The smallest absolute Gasteiger partial charge is 0.242 e. The van der Waals surface area contributed by atoms with Crippen LogP contribution in [0.3, 0.4) is 0 Å². The van der Waals surface area contributed by atoms with E-state index in [1.807, 2.05) is 19.1 Å². The minimum Gasteiger partial charge on any atom is -0.396 e. The highest BCUT2D eigenvalue weighted by molar-refractivity contribution is 7.89. The van der Waals surface area contributed by atoms with Crippen molar-refractivity contribution in [3.8, 4) is 0 Å². The van der Waals surface area contributed by atoms with E-state index in [0.29, 0.717) is 11.3 Å². The average molecular weight is 286 g/mol. The first-order valence-electron chi connectivity index (χ1n) is 6.26. The van der Waals surface area contributed by atoms with Crippen LogP contribution in [0.15, 0.2) is 29.2 Å². The van der Waals surface area contributed by atoms with Gasteiger partial charge in [0.15, 0.2) is 0 Å². The third-order valence-corrected chi connectivity index (χ3v) is 4.77. The minimum atomic E-state index is -3.36. The van der Waals surface area contributed by atoms with Crippen molar-refractivity contribution in [3.05, 3.63) is 29.8 Å². The number of aliphatic hydroxyl groups excluding tert-OH is 1. The highest BCUT2D eigenvalue weighted by atomic mass is 32.2. The summed E-state index contributed by atoms with van der Waals surface area (Å²) in [6.45, 7) is 2.90. The Morgan fingerprint density at radius 1 is 1.26 bits per heavy atom. The predicted octanol–water partition coefficient (Wildman–Crippen LogP) is 0.970. The lowest BCUT2D eigenvalue weighted by Crippen LogP contribution is -2.23. The van der Waals surface area contributed by atoms with Crippen molar-refractivity contribution >= 4 is 10.0 Å². The zero-order valence-corrected chi connectivity index (χ0v) is 12.4. The summed E-state index contributed by atoms with van der Waals surface area (Å²) in [5.41, 5.74) is 1.02. The van der Waals surface area contributed by atoms with E-state index in [2.05, 4.69) is 5.32 Å². The zero-order chi connectivity index (χ0) is 14.5.